The summed E-state index contributed by atoms with van der Waals surface area (Å²) in [5.74, 6) is 1.54. The van der Waals surface area contributed by atoms with Crippen LogP contribution in [0.4, 0.5) is 0 Å². The molecule has 0 radical (unpaired) electrons. The molecule has 0 aliphatic rings. The summed E-state index contributed by atoms with van der Waals surface area (Å²) < 4.78 is 5.47. The van der Waals surface area contributed by atoms with E-state index in [1.54, 1.807) is 18.2 Å². The van der Waals surface area contributed by atoms with Crippen LogP contribution in [-0.2, 0) is 0 Å². The van der Waals surface area contributed by atoms with Gasteiger partial charge in [0, 0.05) is 10.0 Å². The topological polar surface area (TPSA) is 39.2 Å². The first kappa shape index (κ1) is 11.5. The maximum absolute atomic E-state index is 6.06. The van der Waals surface area contributed by atoms with E-state index in [1.165, 1.54) is 0 Å². The van der Waals surface area contributed by atoms with E-state index < -0.39 is 0 Å². The monoisotopic (exact) mass is 255 g/mol. The second kappa shape index (κ2) is 4.50. The fraction of sp³-hybridized carbons (Fsp3) is 0.167. The summed E-state index contributed by atoms with van der Waals surface area (Å²) in [6.07, 6.45) is 0. The minimum absolute atomic E-state index is 0.343. The van der Waals surface area contributed by atoms with Gasteiger partial charge in [-0.15, -0.1) is 0 Å². The average molecular weight is 256 g/mol. The maximum Gasteiger partial charge on any atom is 0.125 e. The summed E-state index contributed by atoms with van der Waals surface area (Å²) in [5, 5.41) is 1.14. The molecule has 0 amide bonds. The number of benzene rings is 1. The highest BCUT2D eigenvalue weighted by atomic mass is 35.5. The number of nitrogens with two attached hydrogens (primary N) is 1. The van der Waals surface area contributed by atoms with Gasteiger partial charge in [0.1, 0.15) is 11.5 Å². The molecule has 1 atom stereocenters. The molecule has 84 valence electrons. The normalized spacial score (nSPS) is 12.8. The van der Waals surface area contributed by atoms with E-state index in [2.05, 4.69) is 0 Å². The molecule has 1 aromatic heterocycles. The van der Waals surface area contributed by atoms with Crippen LogP contribution in [0.5, 0.6) is 0 Å². The van der Waals surface area contributed by atoms with Crippen molar-refractivity contribution >= 4 is 23.2 Å². The molecule has 2 aromatic rings. The third-order valence-electron chi connectivity index (χ3n) is 2.31. The van der Waals surface area contributed by atoms with Crippen molar-refractivity contribution in [3.63, 3.8) is 0 Å². The standard InChI is InChI=1S/C12H11Cl2NO/c1-7-2-3-11(16-7)12(15)8-4-9(13)6-10(14)5-8/h2-6,12H,15H2,1H3. The number of halogens is 2. The van der Waals surface area contributed by atoms with Crippen LogP contribution in [0.25, 0.3) is 0 Å². The predicted octanol–water partition coefficient (Wildman–Crippen LogP) is 3.94. The van der Waals surface area contributed by atoms with E-state index in [0.717, 1.165) is 11.3 Å². The van der Waals surface area contributed by atoms with Crippen LogP contribution in [0.3, 0.4) is 0 Å². The number of furan rings is 1. The third-order valence-corrected chi connectivity index (χ3v) is 2.75. The van der Waals surface area contributed by atoms with Gasteiger partial charge in [-0.05, 0) is 42.8 Å². The van der Waals surface area contributed by atoms with Crippen LogP contribution in [0.2, 0.25) is 10.0 Å². The second-order valence-corrected chi connectivity index (χ2v) is 4.50. The average Bonchev–Trinajstić information content (AvgIpc) is 2.62. The lowest BCUT2D eigenvalue weighted by Gasteiger charge is -2.10. The molecule has 0 bridgehead atoms. The largest absolute Gasteiger partial charge is 0.464 e. The Kier molecular flexibility index (Phi) is 3.24. The molecule has 1 unspecified atom stereocenters. The summed E-state index contributed by atoms with van der Waals surface area (Å²) in [6.45, 7) is 1.88. The number of hydrogen-bond acceptors (Lipinski definition) is 2. The molecule has 1 heterocycles. The van der Waals surface area contributed by atoms with Crippen molar-refractivity contribution in [3.05, 3.63) is 57.5 Å². The van der Waals surface area contributed by atoms with Crippen molar-refractivity contribution in [2.45, 2.75) is 13.0 Å². The molecule has 1 aromatic carbocycles. The van der Waals surface area contributed by atoms with Crippen molar-refractivity contribution in [1.29, 1.82) is 0 Å². The molecule has 0 saturated heterocycles. The van der Waals surface area contributed by atoms with Gasteiger partial charge in [-0.3, -0.25) is 0 Å². The van der Waals surface area contributed by atoms with E-state index in [-0.39, 0.29) is 6.04 Å². The van der Waals surface area contributed by atoms with E-state index in [9.17, 15) is 0 Å². The fourth-order valence-corrected chi connectivity index (χ4v) is 2.08. The molecule has 0 saturated carbocycles. The highest BCUT2D eigenvalue weighted by molar-refractivity contribution is 6.34. The Hall–Kier alpha value is -0.960. The van der Waals surface area contributed by atoms with E-state index in [0.29, 0.717) is 15.8 Å². The molecule has 0 spiro atoms. The Labute approximate surface area is 104 Å². The molecule has 4 heteroatoms. The maximum atomic E-state index is 6.06. The van der Waals surface area contributed by atoms with Crippen LogP contribution < -0.4 is 5.73 Å². The van der Waals surface area contributed by atoms with E-state index in [4.69, 9.17) is 33.4 Å². The van der Waals surface area contributed by atoms with Gasteiger partial charge in [-0.1, -0.05) is 23.2 Å². The van der Waals surface area contributed by atoms with Crippen molar-refractivity contribution in [2.24, 2.45) is 5.73 Å². The summed E-state index contributed by atoms with van der Waals surface area (Å²) in [4.78, 5) is 0. The predicted molar refractivity (Wildman–Crippen MR) is 65.9 cm³/mol. The van der Waals surface area contributed by atoms with Gasteiger partial charge < -0.3 is 10.2 Å². The minimum Gasteiger partial charge on any atom is -0.464 e. The van der Waals surface area contributed by atoms with Crippen LogP contribution >= 0.6 is 23.2 Å². The lowest BCUT2D eigenvalue weighted by atomic mass is 10.1. The first-order valence-electron chi connectivity index (χ1n) is 4.84. The van der Waals surface area contributed by atoms with Crippen molar-refractivity contribution in [2.75, 3.05) is 0 Å². The third kappa shape index (κ3) is 2.40. The second-order valence-electron chi connectivity index (χ2n) is 3.63. The van der Waals surface area contributed by atoms with Gasteiger partial charge >= 0.3 is 0 Å². The Balaban J connectivity index is 2.37. The number of rotatable bonds is 2. The Morgan fingerprint density at radius 1 is 1.12 bits per heavy atom. The summed E-state index contributed by atoms with van der Waals surface area (Å²) in [7, 11) is 0. The van der Waals surface area contributed by atoms with Crippen molar-refractivity contribution in [3.8, 4) is 0 Å². The molecule has 0 fully saturated rings. The highest BCUT2D eigenvalue weighted by Gasteiger charge is 2.13. The smallest absolute Gasteiger partial charge is 0.125 e. The van der Waals surface area contributed by atoms with Gasteiger partial charge in [0.2, 0.25) is 0 Å². The molecular formula is C12H11Cl2NO. The highest BCUT2D eigenvalue weighted by Crippen LogP contribution is 2.27. The summed E-state index contributed by atoms with van der Waals surface area (Å²) in [6, 6.07) is 8.64. The van der Waals surface area contributed by atoms with E-state index in [1.807, 2.05) is 19.1 Å². The molecule has 2 rings (SSSR count). The van der Waals surface area contributed by atoms with E-state index >= 15 is 0 Å². The Morgan fingerprint density at radius 3 is 2.25 bits per heavy atom. The Bertz CT molecular complexity index is 487. The van der Waals surface area contributed by atoms with Crippen LogP contribution in [-0.4, -0.2) is 0 Å². The van der Waals surface area contributed by atoms with Gasteiger partial charge in [0.25, 0.3) is 0 Å². The number of hydrogen-bond donors (Lipinski definition) is 1. The van der Waals surface area contributed by atoms with Gasteiger partial charge in [0.05, 0.1) is 6.04 Å². The SMILES string of the molecule is Cc1ccc(C(N)c2cc(Cl)cc(Cl)c2)o1. The van der Waals surface area contributed by atoms with Crippen molar-refractivity contribution in [1.82, 2.24) is 0 Å². The zero-order valence-corrected chi connectivity index (χ0v) is 10.2. The molecule has 2 nitrogen and oxygen atoms in total. The Morgan fingerprint density at radius 2 is 1.75 bits per heavy atom. The molecule has 0 aliphatic carbocycles. The molecule has 0 aliphatic heterocycles. The molecule has 16 heavy (non-hydrogen) atoms. The number of aryl methyl sites for hydroxylation is 1. The van der Waals surface area contributed by atoms with Crippen LogP contribution in [0.15, 0.2) is 34.7 Å². The molecular weight excluding hydrogens is 245 g/mol. The summed E-state index contributed by atoms with van der Waals surface area (Å²) >= 11 is 11.8. The zero-order chi connectivity index (χ0) is 11.7. The lowest BCUT2D eigenvalue weighted by molar-refractivity contribution is 0.466. The van der Waals surface area contributed by atoms with Gasteiger partial charge in [0.15, 0.2) is 0 Å². The van der Waals surface area contributed by atoms with Crippen LogP contribution in [0, 0.1) is 6.92 Å². The fourth-order valence-electron chi connectivity index (χ4n) is 1.54. The summed E-state index contributed by atoms with van der Waals surface area (Å²) in [5.41, 5.74) is 6.90. The first-order valence-corrected chi connectivity index (χ1v) is 5.60. The lowest BCUT2D eigenvalue weighted by Crippen LogP contribution is -2.10. The quantitative estimate of drug-likeness (QED) is 0.883. The first-order chi connectivity index (χ1) is 7.56. The zero-order valence-electron chi connectivity index (χ0n) is 8.71. The minimum atomic E-state index is -0.343. The van der Waals surface area contributed by atoms with Gasteiger partial charge in [-0.25, -0.2) is 0 Å². The van der Waals surface area contributed by atoms with Crippen LogP contribution in [0.1, 0.15) is 23.1 Å². The van der Waals surface area contributed by atoms with Gasteiger partial charge in [-0.2, -0.15) is 0 Å². The molecule has 2 N–H and O–H groups in total. The van der Waals surface area contributed by atoms with Crippen molar-refractivity contribution < 1.29 is 4.42 Å².